The van der Waals surface area contributed by atoms with Crippen molar-refractivity contribution >= 4 is 11.4 Å². The van der Waals surface area contributed by atoms with Gasteiger partial charge in [-0.25, -0.2) is 4.70 Å². The van der Waals surface area contributed by atoms with Crippen LogP contribution < -0.4 is 0 Å². The number of benzene rings is 2. The van der Waals surface area contributed by atoms with Crippen LogP contribution in [0.2, 0.25) is 10.8 Å². The Morgan fingerprint density at radius 2 is 1.07 bits per heavy atom. The number of hydrogen-bond acceptors (Lipinski definition) is 0. The van der Waals surface area contributed by atoms with E-state index in [2.05, 4.69) is 89.2 Å². The van der Waals surface area contributed by atoms with Crippen molar-refractivity contribution < 1.29 is 19.1 Å². The molecule has 3 rings (SSSR count). The topological polar surface area (TPSA) is 25.3 Å². The van der Waals surface area contributed by atoms with Gasteiger partial charge in [0.05, 0.1) is 0 Å². The van der Waals surface area contributed by atoms with Crippen molar-refractivity contribution in [2.45, 2.75) is 142 Å². The van der Waals surface area contributed by atoms with Crippen molar-refractivity contribution in [3.63, 3.8) is 0 Å². The molecule has 0 radical (unpaired) electrons. The maximum absolute atomic E-state index is 11.5. The first-order chi connectivity index (χ1) is 20.1. The normalized spacial score (nSPS) is 13.0. The summed E-state index contributed by atoms with van der Waals surface area (Å²) in [5.41, 5.74) is 19.7. The average molecular weight is 602 g/mol. The molecule has 230 valence electrons. The van der Waals surface area contributed by atoms with Gasteiger partial charge in [0.25, 0.3) is 0 Å². The molecule has 1 heterocycles. The third kappa shape index (κ3) is 12.8. The van der Waals surface area contributed by atoms with E-state index in [1.54, 1.807) is 0 Å². The zero-order valence-electron chi connectivity index (χ0n) is 26.9. The Labute approximate surface area is 259 Å². The van der Waals surface area contributed by atoms with Crippen LogP contribution in [0.1, 0.15) is 140 Å². The molecule has 0 saturated heterocycles. The third-order valence-electron chi connectivity index (χ3n) is 7.73. The second-order valence-electron chi connectivity index (χ2n) is 11.2. The molecular weight excluding hydrogens is 543 g/mol. The number of allylic oxidation sites excluding steroid dienone is 2. The van der Waals surface area contributed by atoms with Crippen LogP contribution in [0.3, 0.4) is 0 Å². The summed E-state index contributed by atoms with van der Waals surface area (Å²) in [7, 11) is 0. The predicted octanol–water partition coefficient (Wildman–Crippen LogP) is 12.6. The van der Waals surface area contributed by atoms with E-state index in [0.29, 0.717) is 0 Å². The van der Waals surface area contributed by atoms with E-state index < -0.39 is 0 Å². The zero-order chi connectivity index (χ0) is 29.7. The monoisotopic (exact) mass is 600 g/mol. The summed E-state index contributed by atoms with van der Waals surface area (Å²) >= 11 is 1.82. The average Bonchev–Trinajstić information content (AvgIpc) is 3.32. The number of aryl methyl sites for hydroxylation is 2. The van der Waals surface area contributed by atoms with Gasteiger partial charge in [-0.2, -0.15) is 0 Å². The second-order valence-corrected chi connectivity index (χ2v) is 13.0. The van der Waals surface area contributed by atoms with Gasteiger partial charge in [-0.1, -0.05) is 103 Å². The molecule has 1 aliphatic heterocycles. The van der Waals surface area contributed by atoms with E-state index >= 15 is 0 Å². The fraction of sp³-hybridized carbons (Fsp3) is 0.579. The summed E-state index contributed by atoms with van der Waals surface area (Å²) in [6.07, 6.45) is 20.6. The van der Waals surface area contributed by atoms with Crippen LogP contribution in [0.5, 0.6) is 0 Å². The minimum atomic E-state index is 0.916. The van der Waals surface area contributed by atoms with Gasteiger partial charge in [0.1, 0.15) is 0 Å². The summed E-state index contributed by atoms with van der Waals surface area (Å²) in [4.78, 5) is 0. The Balaban J connectivity index is 0.00000108. The first kappa shape index (κ1) is 35.2. The van der Waals surface area contributed by atoms with Crippen LogP contribution in [0, 0.1) is 0 Å². The Morgan fingerprint density at radius 3 is 1.63 bits per heavy atom. The predicted molar refractivity (Wildman–Crippen MR) is 177 cm³/mol. The standard InChI is InChI=1S/C34H48N2.2C2H5.Ni/c1-4-7-10-11-12-15-22-32-27-33(30-23-16-20-28(25-30)18-13-8-5-2)36(35)34(32)31-24-17-21-29(26-31)19-14-9-6-3;2*1-2;/h16-17,20-21,23-27H,4-15,18-19,22H2,1-3H3;2*1H2,2H3;. The fourth-order valence-electron chi connectivity index (χ4n) is 5.43. The second kappa shape index (κ2) is 21.7. The van der Waals surface area contributed by atoms with Gasteiger partial charge in [0, 0.05) is 22.8 Å². The van der Waals surface area contributed by atoms with Gasteiger partial charge < -0.3 is 5.53 Å². The van der Waals surface area contributed by atoms with Gasteiger partial charge in [0.2, 0.25) is 11.4 Å². The molecule has 0 N–H and O–H groups in total. The van der Waals surface area contributed by atoms with E-state index in [9.17, 15) is 5.53 Å². The zero-order valence-corrected chi connectivity index (χ0v) is 27.9. The molecule has 0 aliphatic carbocycles. The van der Waals surface area contributed by atoms with Crippen molar-refractivity contribution in [2.75, 3.05) is 0 Å². The Bertz CT molecular complexity index is 1080. The molecule has 41 heavy (non-hydrogen) atoms. The van der Waals surface area contributed by atoms with Crippen LogP contribution in [-0.2, 0) is 27.3 Å². The number of rotatable bonds is 19. The molecule has 0 amide bonds. The van der Waals surface area contributed by atoms with Crippen molar-refractivity contribution in [1.29, 1.82) is 0 Å². The van der Waals surface area contributed by atoms with Gasteiger partial charge in [-0.3, -0.25) is 0 Å². The molecule has 3 heteroatoms. The molecule has 0 atom stereocenters. The quantitative estimate of drug-likeness (QED) is 0.0870. The Hall–Kier alpha value is -1.99. The molecule has 0 spiro atoms. The number of nitrogens with zero attached hydrogens (tertiary/aromatic N) is 2. The molecule has 0 unspecified atom stereocenters. The molecule has 2 aromatic rings. The Morgan fingerprint density at radius 1 is 0.585 bits per heavy atom. The number of unbranched alkanes of at least 4 members (excludes halogenated alkanes) is 9. The van der Waals surface area contributed by atoms with Crippen LogP contribution in [0.4, 0.5) is 0 Å². The molecular formula is C38H58N2Ni. The SMILES string of the molecule is CCCCCCCCC1=C(c2cccc(CCCCC)c2)[N+](=[N-])C(c2cccc(CCCCC)c2)=C1.C[CH2][Ni][CH2]C. The van der Waals surface area contributed by atoms with Gasteiger partial charge in [0.15, 0.2) is 0 Å². The van der Waals surface area contributed by atoms with Crippen LogP contribution in [0.15, 0.2) is 60.2 Å². The molecule has 0 fully saturated rings. The van der Waals surface area contributed by atoms with Crippen LogP contribution >= 0.6 is 0 Å². The summed E-state index contributed by atoms with van der Waals surface area (Å²) < 4.78 is 1.47. The summed E-state index contributed by atoms with van der Waals surface area (Å²) in [5.74, 6) is 0. The van der Waals surface area contributed by atoms with E-state index in [1.165, 1.54) is 109 Å². The first-order valence-corrected chi connectivity index (χ1v) is 18.1. The van der Waals surface area contributed by atoms with Crippen LogP contribution in [-0.4, -0.2) is 4.70 Å². The fourth-order valence-corrected chi connectivity index (χ4v) is 5.92. The molecule has 0 saturated carbocycles. The van der Waals surface area contributed by atoms with Crippen LogP contribution in [0.25, 0.3) is 16.9 Å². The van der Waals surface area contributed by atoms with E-state index in [0.717, 1.165) is 41.8 Å². The first-order valence-electron chi connectivity index (χ1n) is 16.7. The summed E-state index contributed by atoms with van der Waals surface area (Å²) in [6.45, 7) is 11.1. The van der Waals surface area contributed by atoms with E-state index in [1.807, 2.05) is 14.4 Å². The molecule has 2 aromatic carbocycles. The van der Waals surface area contributed by atoms with Gasteiger partial charge >= 0.3 is 39.1 Å². The van der Waals surface area contributed by atoms with Crippen molar-refractivity contribution in [2.24, 2.45) is 0 Å². The summed E-state index contributed by atoms with van der Waals surface area (Å²) in [6, 6.07) is 17.6. The van der Waals surface area contributed by atoms with E-state index in [4.69, 9.17) is 0 Å². The molecule has 2 nitrogen and oxygen atoms in total. The maximum atomic E-state index is 11.5. The molecule has 1 aliphatic rings. The Kier molecular flexibility index (Phi) is 18.6. The minimum absolute atomic E-state index is 0.916. The van der Waals surface area contributed by atoms with Crippen molar-refractivity contribution in [3.8, 4) is 0 Å². The third-order valence-corrected chi connectivity index (χ3v) is 8.72. The van der Waals surface area contributed by atoms with Gasteiger partial charge in [-0.15, -0.1) is 0 Å². The van der Waals surface area contributed by atoms with Crippen molar-refractivity contribution in [3.05, 3.63) is 88.0 Å². The van der Waals surface area contributed by atoms with E-state index in [-0.39, 0.29) is 0 Å². The summed E-state index contributed by atoms with van der Waals surface area (Å²) in [5, 5.41) is 2.56. The number of hydrogen-bond donors (Lipinski definition) is 0. The van der Waals surface area contributed by atoms with Crippen molar-refractivity contribution in [1.82, 2.24) is 0 Å². The van der Waals surface area contributed by atoms with Gasteiger partial charge in [-0.05, 0) is 73.9 Å². The molecule has 0 aromatic heterocycles. The molecule has 0 bridgehead atoms.